The van der Waals surface area contributed by atoms with Gasteiger partial charge in [0.15, 0.2) is 5.76 Å². The molecular formula is C22H24O4. The summed E-state index contributed by atoms with van der Waals surface area (Å²) in [5.41, 5.74) is 3.23. The van der Waals surface area contributed by atoms with Crippen LogP contribution in [0.2, 0.25) is 0 Å². The molecule has 1 aromatic heterocycles. The number of carbonyl (C=O) groups excluding carboxylic acids is 1. The normalized spacial score (nSPS) is 10.9. The third kappa shape index (κ3) is 3.07. The van der Waals surface area contributed by atoms with Gasteiger partial charge in [0.25, 0.3) is 0 Å². The van der Waals surface area contributed by atoms with Gasteiger partial charge in [-0.05, 0) is 36.8 Å². The summed E-state index contributed by atoms with van der Waals surface area (Å²) in [6, 6.07) is 10.2. The zero-order valence-corrected chi connectivity index (χ0v) is 15.7. The van der Waals surface area contributed by atoms with Crippen LogP contribution in [0, 0.1) is 6.92 Å². The minimum atomic E-state index is -0.363. The second-order valence-corrected chi connectivity index (χ2v) is 6.27. The molecule has 0 spiro atoms. The lowest BCUT2D eigenvalue weighted by molar-refractivity contribution is 0.0505. The van der Waals surface area contributed by atoms with Gasteiger partial charge < -0.3 is 13.9 Å². The number of methoxy groups -OCH3 is 1. The first kappa shape index (κ1) is 18.1. The van der Waals surface area contributed by atoms with E-state index in [2.05, 4.69) is 19.1 Å². The van der Waals surface area contributed by atoms with E-state index in [0.717, 1.165) is 34.7 Å². The number of hydrogen-bond donors (Lipinski definition) is 0. The molecule has 0 bridgehead atoms. The van der Waals surface area contributed by atoms with E-state index in [0.29, 0.717) is 23.7 Å². The second-order valence-electron chi connectivity index (χ2n) is 6.27. The predicted molar refractivity (Wildman–Crippen MR) is 103 cm³/mol. The molecule has 0 fully saturated rings. The number of fused-ring (bicyclic) bond motifs is 1. The summed E-state index contributed by atoms with van der Waals surface area (Å²) in [4.78, 5) is 12.5. The Labute approximate surface area is 153 Å². The van der Waals surface area contributed by atoms with Crippen molar-refractivity contribution in [1.29, 1.82) is 0 Å². The average Bonchev–Trinajstić information content (AvgIpc) is 3.05. The van der Waals surface area contributed by atoms with Crippen LogP contribution in [0.3, 0.4) is 0 Å². The zero-order valence-electron chi connectivity index (χ0n) is 15.7. The molecule has 0 amide bonds. The topological polar surface area (TPSA) is 48.7 Å². The number of rotatable bonds is 6. The van der Waals surface area contributed by atoms with Crippen LogP contribution in [0.1, 0.15) is 41.8 Å². The van der Waals surface area contributed by atoms with E-state index < -0.39 is 0 Å². The number of hydrogen-bond acceptors (Lipinski definition) is 4. The zero-order chi connectivity index (χ0) is 18.7. The van der Waals surface area contributed by atoms with Gasteiger partial charge in [0, 0.05) is 10.9 Å². The Hall–Kier alpha value is -2.75. The van der Waals surface area contributed by atoms with Crippen LogP contribution in [0.4, 0.5) is 0 Å². The van der Waals surface area contributed by atoms with Crippen molar-refractivity contribution >= 4 is 16.7 Å². The third-order valence-electron chi connectivity index (χ3n) is 4.55. The summed E-state index contributed by atoms with van der Waals surface area (Å²) in [5, 5.41) is 2.15. The van der Waals surface area contributed by atoms with E-state index in [-0.39, 0.29) is 5.97 Å². The lowest BCUT2D eigenvalue weighted by atomic mass is 9.97. The van der Waals surface area contributed by atoms with Gasteiger partial charge in [-0.25, -0.2) is 4.79 Å². The molecule has 0 aliphatic heterocycles. The number of ether oxygens (including phenoxy) is 2. The molecule has 3 aromatic rings. The van der Waals surface area contributed by atoms with Crippen LogP contribution < -0.4 is 4.74 Å². The van der Waals surface area contributed by atoms with Crippen molar-refractivity contribution in [2.24, 2.45) is 0 Å². The lowest BCUT2D eigenvalue weighted by Gasteiger charge is -2.13. The Kier molecular flexibility index (Phi) is 5.31. The minimum absolute atomic E-state index is 0.363. The smallest absolute Gasteiger partial charge is 0.342 e. The molecule has 1 heterocycles. The molecule has 0 saturated heterocycles. The first-order valence-electron chi connectivity index (χ1n) is 8.96. The van der Waals surface area contributed by atoms with Crippen molar-refractivity contribution < 1.29 is 18.7 Å². The SMILES string of the molecule is CCCOC(=O)c1c(C)coc1-c1ccc2c(CC)cccc2c1OC. The van der Waals surface area contributed by atoms with Crippen LogP contribution in [0.25, 0.3) is 22.1 Å². The van der Waals surface area contributed by atoms with E-state index in [1.54, 1.807) is 13.4 Å². The molecule has 0 unspecified atom stereocenters. The summed E-state index contributed by atoms with van der Waals surface area (Å²) >= 11 is 0. The van der Waals surface area contributed by atoms with Gasteiger partial charge in [0.2, 0.25) is 0 Å². The van der Waals surface area contributed by atoms with Crippen LogP contribution in [-0.4, -0.2) is 19.7 Å². The molecule has 0 aliphatic rings. The number of benzene rings is 2. The summed E-state index contributed by atoms with van der Waals surface area (Å²) in [7, 11) is 1.64. The van der Waals surface area contributed by atoms with Gasteiger partial charge in [-0.1, -0.05) is 38.1 Å². The van der Waals surface area contributed by atoms with Gasteiger partial charge in [0.1, 0.15) is 11.3 Å². The van der Waals surface area contributed by atoms with Crippen molar-refractivity contribution in [2.45, 2.75) is 33.6 Å². The van der Waals surface area contributed by atoms with Crippen molar-refractivity contribution in [2.75, 3.05) is 13.7 Å². The molecule has 4 nitrogen and oxygen atoms in total. The minimum Gasteiger partial charge on any atom is -0.495 e. The average molecular weight is 352 g/mol. The van der Waals surface area contributed by atoms with Crippen molar-refractivity contribution in [3.05, 3.63) is 53.3 Å². The van der Waals surface area contributed by atoms with Crippen molar-refractivity contribution in [3.8, 4) is 17.1 Å². The van der Waals surface area contributed by atoms with E-state index in [1.165, 1.54) is 5.56 Å². The molecule has 0 atom stereocenters. The maximum atomic E-state index is 12.5. The Bertz CT molecular complexity index is 937. The summed E-state index contributed by atoms with van der Waals surface area (Å²) in [5.74, 6) is 0.832. The van der Waals surface area contributed by atoms with E-state index in [4.69, 9.17) is 13.9 Å². The Morgan fingerprint density at radius 1 is 1.12 bits per heavy atom. The molecule has 3 rings (SSSR count). The van der Waals surface area contributed by atoms with Gasteiger partial charge in [-0.3, -0.25) is 0 Å². The highest BCUT2D eigenvalue weighted by molar-refractivity contribution is 6.02. The molecule has 0 aliphatic carbocycles. The molecule has 4 heteroatoms. The monoisotopic (exact) mass is 352 g/mol. The second kappa shape index (κ2) is 7.65. The van der Waals surface area contributed by atoms with E-state index in [1.807, 2.05) is 32.0 Å². The Balaban J connectivity index is 2.19. The molecule has 0 radical (unpaired) electrons. The van der Waals surface area contributed by atoms with Crippen molar-refractivity contribution in [3.63, 3.8) is 0 Å². The quantitative estimate of drug-likeness (QED) is 0.546. The largest absolute Gasteiger partial charge is 0.495 e. The number of aryl methyl sites for hydroxylation is 2. The summed E-state index contributed by atoms with van der Waals surface area (Å²) in [6.45, 7) is 6.33. The van der Waals surface area contributed by atoms with Crippen molar-refractivity contribution in [1.82, 2.24) is 0 Å². The fourth-order valence-electron chi connectivity index (χ4n) is 3.27. The molecule has 136 valence electrons. The van der Waals surface area contributed by atoms with E-state index in [9.17, 15) is 4.79 Å². The van der Waals surface area contributed by atoms with Gasteiger partial charge in [0.05, 0.1) is 25.5 Å². The van der Waals surface area contributed by atoms with Gasteiger partial charge >= 0.3 is 5.97 Å². The molecular weight excluding hydrogens is 328 g/mol. The molecule has 0 N–H and O–H groups in total. The summed E-state index contributed by atoms with van der Waals surface area (Å²) < 4.78 is 16.8. The highest BCUT2D eigenvalue weighted by Gasteiger charge is 2.24. The first-order valence-corrected chi connectivity index (χ1v) is 8.96. The maximum Gasteiger partial charge on any atom is 0.342 e. The number of carbonyl (C=O) groups is 1. The Morgan fingerprint density at radius 3 is 2.62 bits per heavy atom. The van der Waals surface area contributed by atoms with Gasteiger partial charge in [-0.2, -0.15) is 0 Å². The number of esters is 1. The maximum absolute atomic E-state index is 12.5. The summed E-state index contributed by atoms with van der Waals surface area (Å²) in [6.07, 6.45) is 3.30. The van der Waals surface area contributed by atoms with E-state index >= 15 is 0 Å². The van der Waals surface area contributed by atoms with Gasteiger partial charge in [-0.15, -0.1) is 0 Å². The predicted octanol–water partition coefficient (Wildman–Crippen LogP) is 5.55. The van der Waals surface area contributed by atoms with Crippen LogP contribution in [0.15, 0.2) is 41.0 Å². The highest BCUT2D eigenvalue weighted by Crippen LogP contribution is 2.40. The number of furan rings is 1. The fourth-order valence-corrected chi connectivity index (χ4v) is 3.27. The third-order valence-corrected chi connectivity index (χ3v) is 4.55. The Morgan fingerprint density at radius 2 is 1.92 bits per heavy atom. The lowest BCUT2D eigenvalue weighted by Crippen LogP contribution is -2.07. The molecule has 2 aromatic carbocycles. The van der Waals surface area contributed by atoms with Crippen LogP contribution in [0.5, 0.6) is 5.75 Å². The standard InChI is InChI=1S/C22H24O4/c1-5-12-25-22(23)19-14(3)13-26-21(19)18-11-10-16-15(6-2)8-7-9-17(16)20(18)24-4/h7-11,13H,5-6,12H2,1-4H3. The fraction of sp³-hybridized carbons (Fsp3) is 0.318. The molecule has 26 heavy (non-hydrogen) atoms. The first-order chi connectivity index (χ1) is 12.6. The van der Waals surface area contributed by atoms with Crippen LogP contribution in [-0.2, 0) is 11.2 Å². The highest BCUT2D eigenvalue weighted by atomic mass is 16.5. The molecule has 0 saturated carbocycles. The van der Waals surface area contributed by atoms with Crippen LogP contribution >= 0.6 is 0 Å².